The van der Waals surface area contributed by atoms with Crippen molar-refractivity contribution in [1.82, 2.24) is 19.7 Å². The van der Waals surface area contributed by atoms with Crippen LogP contribution in [0.3, 0.4) is 0 Å². The van der Waals surface area contributed by atoms with Crippen molar-refractivity contribution < 1.29 is 4.74 Å². The van der Waals surface area contributed by atoms with Crippen molar-refractivity contribution in [2.45, 2.75) is 25.9 Å². The quantitative estimate of drug-likeness (QED) is 0.476. The molecule has 3 N–H and O–H groups in total. The lowest BCUT2D eigenvalue weighted by Crippen LogP contribution is -2.19. The van der Waals surface area contributed by atoms with Crippen molar-refractivity contribution >= 4 is 34.4 Å². The van der Waals surface area contributed by atoms with E-state index in [4.69, 9.17) is 32.2 Å². The van der Waals surface area contributed by atoms with E-state index in [1.165, 1.54) is 0 Å². The van der Waals surface area contributed by atoms with Gasteiger partial charge in [-0.05, 0) is 49.6 Å². The van der Waals surface area contributed by atoms with E-state index in [-0.39, 0.29) is 6.10 Å². The average Bonchev–Trinajstić information content (AvgIpc) is 3.40. The Balaban J connectivity index is 1.63. The Morgan fingerprint density at radius 2 is 2.03 bits per heavy atom. The molecule has 0 spiro atoms. The van der Waals surface area contributed by atoms with E-state index in [9.17, 15) is 0 Å². The van der Waals surface area contributed by atoms with Gasteiger partial charge in [-0.1, -0.05) is 35.9 Å². The molecule has 1 aliphatic rings. The molecule has 7 nitrogen and oxygen atoms in total. The van der Waals surface area contributed by atoms with Gasteiger partial charge in [0.25, 0.3) is 0 Å². The van der Waals surface area contributed by atoms with Gasteiger partial charge in [-0.25, -0.2) is 9.67 Å². The molecule has 2 aromatic carbocycles. The van der Waals surface area contributed by atoms with Crippen LogP contribution in [0.5, 0.6) is 0 Å². The first kappa shape index (κ1) is 19.8. The van der Waals surface area contributed by atoms with E-state index in [0.717, 1.165) is 36.3 Å². The van der Waals surface area contributed by atoms with E-state index < -0.39 is 0 Å². The lowest BCUT2D eigenvalue weighted by atomic mass is 10.1. The zero-order valence-corrected chi connectivity index (χ0v) is 17.9. The molecule has 31 heavy (non-hydrogen) atoms. The molecule has 8 heteroatoms. The van der Waals surface area contributed by atoms with Crippen LogP contribution in [0.4, 0.5) is 11.8 Å². The van der Waals surface area contributed by atoms with Crippen LogP contribution in [0, 0.1) is 6.92 Å². The van der Waals surface area contributed by atoms with Gasteiger partial charge in [0.1, 0.15) is 5.82 Å². The highest BCUT2D eigenvalue weighted by Gasteiger charge is 2.20. The molecule has 3 heterocycles. The SMILES string of the molecule is Cc1cccc(-n2nc3nc(NCC4CCCO4)nc(-c4ccc(Cl)cc4)c3c2N)c1. The topological polar surface area (TPSA) is 90.9 Å². The number of rotatable bonds is 5. The molecule has 0 bridgehead atoms. The summed E-state index contributed by atoms with van der Waals surface area (Å²) in [5, 5.41) is 9.40. The van der Waals surface area contributed by atoms with E-state index in [1.807, 2.05) is 55.5 Å². The highest BCUT2D eigenvalue weighted by molar-refractivity contribution is 6.30. The summed E-state index contributed by atoms with van der Waals surface area (Å²) in [6.45, 7) is 3.49. The maximum Gasteiger partial charge on any atom is 0.225 e. The van der Waals surface area contributed by atoms with Crippen molar-refractivity contribution in [2.75, 3.05) is 24.2 Å². The fraction of sp³-hybridized carbons (Fsp3) is 0.261. The maximum atomic E-state index is 6.57. The van der Waals surface area contributed by atoms with Gasteiger partial charge in [-0.3, -0.25) is 0 Å². The van der Waals surface area contributed by atoms with Gasteiger partial charge in [0.15, 0.2) is 5.65 Å². The predicted molar refractivity (Wildman–Crippen MR) is 124 cm³/mol. The Hall–Kier alpha value is -3.16. The summed E-state index contributed by atoms with van der Waals surface area (Å²) in [5.74, 6) is 0.998. The zero-order chi connectivity index (χ0) is 21.4. The first-order valence-electron chi connectivity index (χ1n) is 10.3. The van der Waals surface area contributed by atoms with E-state index in [0.29, 0.717) is 40.1 Å². The Bertz CT molecular complexity index is 1230. The van der Waals surface area contributed by atoms with Crippen LogP contribution in [0.25, 0.3) is 28.0 Å². The second-order valence-electron chi connectivity index (χ2n) is 7.75. The van der Waals surface area contributed by atoms with Crippen molar-refractivity contribution in [2.24, 2.45) is 0 Å². The Labute approximate surface area is 185 Å². The molecule has 0 saturated carbocycles. The Kier molecular flexibility index (Phi) is 5.21. The fourth-order valence-electron chi connectivity index (χ4n) is 3.87. The minimum atomic E-state index is 0.174. The number of fused-ring (bicyclic) bond motifs is 1. The van der Waals surface area contributed by atoms with Gasteiger partial charge < -0.3 is 15.8 Å². The van der Waals surface area contributed by atoms with Crippen LogP contribution in [-0.4, -0.2) is 39.0 Å². The largest absolute Gasteiger partial charge is 0.383 e. The summed E-state index contributed by atoms with van der Waals surface area (Å²) in [5.41, 5.74) is 10.7. The first-order chi connectivity index (χ1) is 15.1. The van der Waals surface area contributed by atoms with Crippen LogP contribution >= 0.6 is 11.6 Å². The molecule has 1 unspecified atom stereocenters. The summed E-state index contributed by atoms with van der Waals surface area (Å²) in [4.78, 5) is 9.45. The molecular weight excluding hydrogens is 412 g/mol. The molecule has 158 valence electrons. The van der Waals surface area contributed by atoms with Crippen LogP contribution in [0.1, 0.15) is 18.4 Å². The fourth-order valence-corrected chi connectivity index (χ4v) is 4.00. The number of nitrogens with zero attached hydrogens (tertiary/aromatic N) is 4. The number of nitrogens with one attached hydrogen (secondary N) is 1. The van der Waals surface area contributed by atoms with E-state index in [2.05, 4.69) is 10.3 Å². The molecule has 0 radical (unpaired) electrons. The Morgan fingerprint density at radius 1 is 1.19 bits per heavy atom. The minimum absolute atomic E-state index is 0.174. The van der Waals surface area contributed by atoms with Gasteiger partial charge in [0.05, 0.1) is 22.9 Å². The smallest absolute Gasteiger partial charge is 0.225 e. The van der Waals surface area contributed by atoms with Gasteiger partial charge >= 0.3 is 0 Å². The first-order valence-corrected chi connectivity index (χ1v) is 10.7. The molecule has 1 fully saturated rings. The third kappa shape index (κ3) is 3.94. The number of hydrogen-bond donors (Lipinski definition) is 2. The zero-order valence-electron chi connectivity index (χ0n) is 17.2. The monoisotopic (exact) mass is 434 g/mol. The number of benzene rings is 2. The second-order valence-corrected chi connectivity index (χ2v) is 8.19. The van der Waals surface area contributed by atoms with Crippen molar-refractivity contribution in [3.63, 3.8) is 0 Å². The minimum Gasteiger partial charge on any atom is -0.383 e. The lowest BCUT2D eigenvalue weighted by molar-refractivity contribution is 0.120. The highest BCUT2D eigenvalue weighted by Crippen LogP contribution is 2.33. The van der Waals surface area contributed by atoms with Crippen LogP contribution in [0.2, 0.25) is 5.02 Å². The van der Waals surface area contributed by atoms with E-state index >= 15 is 0 Å². The van der Waals surface area contributed by atoms with Gasteiger partial charge in [0, 0.05) is 23.7 Å². The summed E-state index contributed by atoms with van der Waals surface area (Å²) in [6.07, 6.45) is 2.29. The predicted octanol–water partition coefficient (Wildman–Crippen LogP) is 4.62. The molecule has 0 aliphatic carbocycles. The molecule has 1 aliphatic heterocycles. The number of aryl methyl sites for hydroxylation is 1. The number of aromatic nitrogens is 4. The number of ether oxygens (including phenoxy) is 1. The van der Waals surface area contributed by atoms with Crippen LogP contribution in [0.15, 0.2) is 48.5 Å². The Morgan fingerprint density at radius 3 is 2.77 bits per heavy atom. The molecule has 0 amide bonds. The molecule has 4 aromatic rings. The number of nitrogen functional groups attached to an aromatic ring is 1. The van der Waals surface area contributed by atoms with Crippen molar-refractivity contribution in [3.05, 3.63) is 59.1 Å². The standard InChI is InChI=1S/C23H23ClN6O/c1-14-4-2-5-17(12-14)30-21(25)19-20(15-7-9-16(24)10-8-15)27-23(28-22(19)29-30)26-13-18-6-3-11-31-18/h2,4-5,7-10,12,18H,3,6,11,13,25H2,1H3,(H,26,28,29). The number of halogens is 1. The van der Waals surface area contributed by atoms with Gasteiger partial charge in [-0.15, -0.1) is 5.10 Å². The van der Waals surface area contributed by atoms with Gasteiger partial charge in [0.2, 0.25) is 5.95 Å². The van der Waals surface area contributed by atoms with Crippen molar-refractivity contribution in [1.29, 1.82) is 0 Å². The molecule has 1 atom stereocenters. The normalized spacial score (nSPS) is 16.1. The summed E-state index contributed by atoms with van der Waals surface area (Å²) in [6, 6.07) is 15.6. The summed E-state index contributed by atoms with van der Waals surface area (Å²) < 4.78 is 7.43. The lowest BCUT2D eigenvalue weighted by Gasteiger charge is -2.12. The number of nitrogens with two attached hydrogens (primary N) is 1. The molecule has 1 saturated heterocycles. The van der Waals surface area contributed by atoms with E-state index in [1.54, 1.807) is 4.68 Å². The molecular formula is C23H23ClN6O. The third-order valence-electron chi connectivity index (χ3n) is 5.44. The number of anilines is 2. The van der Waals surface area contributed by atoms with Crippen LogP contribution < -0.4 is 11.1 Å². The van der Waals surface area contributed by atoms with Gasteiger partial charge in [-0.2, -0.15) is 4.98 Å². The second kappa shape index (κ2) is 8.17. The molecule has 5 rings (SSSR count). The molecule has 2 aromatic heterocycles. The number of hydrogen-bond acceptors (Lipinski definition) is 6. The average molecular weight is 435 g/mol. The maximum absolute atomic E-state index is 6.57. The van der Waals surface area contributed by atoms with Crippen molar-refractivity contribution in [3.8, 4) is 16.9 Å². The summed E-state index contributed by atoms with van der Waals surface area (Å²) >= 11 is 6.10. The highest BCUT2D eigenvalue weighted by atomic mass is 35.5. The third-order valence-corrected chi connectivity index (χ3v) is 5.70. The van der Waals surface area contributed by atoms with Crippen LogP contribution in [-0.2, 0) is 4.74 Å². The summed E-state index contributed by atoms with van der Waals surface area (Å²) in [7, 11) is 0.